The van der Waals surface area contributed by atoms with E-state index in [2.05, 4.69) is 10.1 Å². The van der Waals surface area contributed by atoms with Gasteiger partial charge in [-0.1, -0.05) is 6.07 Å². The normalized spacial score (nSPS) is 18.5. The number of benzene rings is 1. The van der Waals surface area contributed by atoms with Crippen LogP contribution in [0.4, 0.5) is 18.9 Å². The van der Waals surface area contributed by atoms with Crippen molar-refractivity contribution >= 4 is 28.5 Å². The molecule has 2 aromatic heterocycles. The van der Waals surface area contributed by atoms with Gasteiger partial charge >= 0.3 is 12.1 Å². The van der Waals surface area contributed by atoms with Crippen LogP contribution in [0.2, 0.25) is 0 Å². The number of nitrogens with zero attached hydrogens (tertiary/aromatic N) is 4. The Morgan fingerprint density at radius 3 is 2.54 bits per heavy atom. The molecule has 0 bridgehead atoms. The van der Waals surface area contributed by atoms with E-state index >= 15 is 0 Å². The summed E-state index contributed by atoms with van der Waals surface area (Å²) in [7, 11) is 2.56. The Morgan fingerprint density at radius 1 is 1.20 bits per heavy atom. The number of methoxy groups -OCH3 is 1. The molecule has 1 N–H and O–H groups in total. The second-order valence-electron chi connectivity index (χ2n) is 8.66. The molecule has 0 aliphatic heterocycles. The molecule has 2 heterocycles. The number of rotatable bonds is 5. The van der Waals surface area contributed by atoms with Crippen LogP contribution in [0.25, 0.3) is 10.9 Å². The van der Waals surface area contributed by atoms with Gasteiger partial charge in [-0.3, -0.25) is 9.48 Å². The van der Waals surface area contributed by atoms with Gasteiger partial charge in [0.15, 0.2) is 0 Å². The molecule has 0 atom stereocenters. The highest BCUT2D eigenvalue weighted by atomic mass is 19.4. The fourth-order valence-electron chi connectivity index (χ4n) is 4.40. The average molecular weight is 490 g/mol. The van der Waals surface area contributed by atoms with Crippen molar-refractivity contribution in [2.45, 2.75) is 37.9 Å². The van der Waals surface area contributed by atoms with Crippen molar-refractivity contribution in [2.75, 3.05) is 25.7 Å². The van der Waals surface area contributed by atoms with E-state index in [9.17, 15) is 27.9 Å². The zero-order valence-corrected chi connectivity index (χ0v) is 19.2. The van der Waals surface area contributed by atoms with Gasteiger partial charge in [0.05, 0.1) is 29.9 Å². The summed E-state index contributed by atoms with van der Waals surface area (Å²) < 4.78 is 45.9. The third kappa shape index (κ3) is 5.00. The van der Waals surface area contributed by atoms with Crippen molar-refractivity contribution in [3.05, 3.63) is 53.5 Å². The van der Waals surface area contributed by atoms with Gasteiger partial charge in [-0.15, -0.1) is 0 Å². The number of esters is 1. The minimum absolute atomic E-state index is 0.0528. The number of pyridine rings is 1. The Hall–Kier alpha value is -3.47. The predicted octanol–water partition coefficient (Wildman–Crippen LogP) is 4.24. The number of hydrogen-bond donors (Lipinski definition) is 1. The number of anilines is 1. The van der Waals surface area contributed by atoms with Crippen LogP contribution in [0, 0.1) is 5.92 Å². The molecule has 1 aromatic carbocycles. The maximum atomic E-state index is 13.1. The lowest BCUT2D eigenvalue weighted by molar-refractivity contribution is -0.141. The summed E-state index contributed by atoms with van der Waals surface area (Å²) in [5.41, 5.74) is -0.849. The molecule has 4 rings (SSSR count). The monoisotopic (exact) mass is 490 g/mol. The molecular formula is C24H25F3N4O4. The van der Waals surface area contributed by atoms with Crippen LogP contribution in [-0.2, 0) is 10.9 Å². The van der Waals surface area contributed by atoms with Crippen LogP contribution in [0.15, 0.2) is 36.5 Å². The highest BCUT2D eigenvalue weighted by Gasteiger charge is 2.33. The Bertz CT molecular complexity index is 1250. The molecule has 3 aromatic rings. The number of carbonyl (C=O) groups excluding carboxylic acids is 2. The van der Waals surface area contributed by atoms with Crippen molar-refractivity contribution in [1.82, 2.24) is 14.8 Å². The third-order valence-corrected chi connectivity index (χ3v) is 6.42. The quantitative estimate of drug-likeness (QED) is 0.538. The second kappa shape index (κ2) is 9.65. The lowest BCUT2D eigenvalue weighted by Crippen LogP contribution is -2.29. The molecule has 35 heavy (non-hydrogen) atoms. The summed E-state index contributed by atoms with van der Waals surface area (Å²) in [6.07, 6.45) is 0.611. The van der Waals surface area contributed by atoms with E-state index in [0.29, 0.717) is 10.9 Å². The van der Waals surface area contributed by atoms with E-state index in [-0.39, 0.29) is 29.8 Å². The van der Waals surface area contributed by atoms with E-state index in [1.807, 2.05) is 10.9 Å². The molecule has 0 spiro atoms. The average Bonchev–Trinajstić information content (AvgIpc) is 3.29. The van der Waals surface area contributed by atoms with E-state index in [0.717, 1.165) is 42.7 Å². The molecule has 1 saturated carbocycles. The minimum Gasteiger partial charge on any atom is -0.465 e. The molecule has 1 aliphatic carbocycles. The van der Waals surface area contributed by atoms with Crippen LogP contribution >= 0.6 is 0 Å². The number of alkyl halides is 3. The van der Waals surface area contributed by atoms with Gasteiger partial charge in [0, 0.05) is 25.2 Å². The molecule has 1 amide bonds. The van der Waals surface area contributed by atoms with Gasteiger partial charge in [-0.25, -0.2) is 9.78 Å². The van der Waals surface area contributed by atoms with Gasteiger partial charge in [-0.2, -0.15) is 18.3 Å². The van der Waals surface area contributed by atoms with Gasteiger partial charge in [0.2, 0.25) is 0 Å². The first kappa shape index (κ1) is 24.6. The number of aliphatic hydroxyl groups excluding tert-OH is 1. The van der Waals surface area contributed by atoms with Gasteiger partial charge in [0.1, 0.15) is 11.4 Å². The van der Waals surface area contributed by atoms with Crippen LogP contribution in [0.3, 0.4) is 0 Å². The first-order valence-corrected chi connectivity index (χ1v) is 11.2. The molecule has 11 heteroatoms. The zero-order chi connectivity index (χ0) is 25.3. The first-order valence-electron chi connectivity index (χ1n) is 11.2. The summed E-state index contributed by atoms with van der Waals surface area (Å²) in [5, 5.41) is 14.6. The number of aromatic nitrogens is 3. The van der Waals surface area contributed by atoms with E-state index in [1.165, 1.54) is 26.3 Å². The summed E-state index contributed by atoms with van der Waals surface area (Å²) >= 11 is 0. The number of carbonyl (C=O) groups is 2. The molecular weight excluding hydrogens is 465 g/mol. The molecule has 0 radical (unpaired) electrons. The Balaban J connectivity index is 1.70. The summed E-state index contributed by atoms with van der Waals surface area (Å²) in [6.45, 7) is 0.167. The Labute approximate surface area is 199 Å². The molecule has 1 fully saturated rings. The lowest BCUT2D eigenvalue weighted by Gasteiger charge is -2.27. The topological polar surface area (TPSA) is 97.5 Å². The van der Waals surface area contributed by atoms with Crippen LogP contribution in [0.1, 0.15) is 58.3 Å². The fraction of sp³-hybridized carbons (Fsp3) is 0.417. The maximum absolute atomic E-state index is 13.1. The number of halogens is 3. The SMILES string of the molecule is COC(=O)c1cc2nn([C@H]3CC[C@H](CO)CC3)cc2cc1N(C)C(=O)c1cccc(C(F)(F)F)n1. The van der Waals surface area contributed by atoms with Crippen LogP contribution < -0.4 is 4.90 Å². The third-order valence-electron chi connectivity index (χ3n) is 6.42. The largest absolute Gasteiger partial charge is 0.465 e. The molecule has 8 nitrogen and oxygen atoms in total. The minimum atomic E-state index is -4.70. The number of amides is 1. The summed E-state index contributed by atoms with van der Waals surface area (Å²) in [6, 6.07) is 6.32. The van der Waals surface area contributed by atoms with Crippen molar-refractivity contribution < 1.29 is 32.6 Å². The fourth-order valence-corrected chi connectivity index (χ4v) is 4.40. The number of fused-ring (bicyclic) bond motifs is 1. The second-order valence-corrected chi connectivity index (χ2v) is 8.66. The highest BCUT2D eigenvalue weighted by molar-refractivity contribution is 6.10. The van der Waals surface area contributed by atoms with Crippen LogP contribution in [-0.4, -0.2) is 52.5 Å². The van der Waals surface area contributed by atoms with E-state index < -0.39 is 29.4 Å². The number of ether oxygens (including phenoxy) is 1. The van der Waals surface area contributed by atoms with Crippen molar-refractivity contribution in [3.63, 3.8) is 0 Å². The Morgan fingerprint density at radius 2 is 1.91 bits per heavy atom. The summed E-state index contributed by atoms with van der Waals surface area (Å²) in [5.74, 6) is -1.23. The summed E-state index contributed by atoms with van der Waals surface area (Å²) in [4.78, 5) is 30.1. The van der Waals surface area contributed by atoms with Gasteiger partial charge in [-0.05, 0) is 55.9 Å². The standard InChI is InChI=1S/C24H25F3N4O4/c1-30(22(33)18-4-3-5-21(28-18)24(25,26)27)20-10-15-12-31(16-8-6-14(13-32)7-9-16)29-19(15)11-17(20)23(34)35-2/h3-5,10-12,14,16,32H,6-9,13H2,1-2H3/t14-,16-. The Kier molecular flexibility index (Phi) is 6.79. The highest BCUT2D eigenvalue weighted by Crippen LogP contribution is 2.34. The van der Waals surface area contributed by atoms with Crippen LogP contribution in [0.5, 0.6) is 0 Å². The number of hydrogen-bond acceptors (Lipinski definition) is 6. The van der Waals surface area contributed by atoms with Crippen molar-refractivity contribution in [2.24, 2.45) is 5.92 Å². The molecule has 0 unspecified atom stereocenters. The maximum Gasteiger partial charge on any atom is 0.433 e. The van der Waals surface area contributed by atoms with Gasteiger partial charge < -0.3 is 14.7 Å². The molecule has 0 saturated heterocycles. The molecule has 186 valence electrons. The predicted molar refractivity (Wildman–Crippen MR) is 121 cm³/mol. The lowest BCUT2D eigenvalue weighted by atomic mass is 9.87. The van der Waals surface area contributed by atoms with E-state index in [1.54, 1.807) is 6.07 Å². The molecule has 1 aliphatic rings. The first-order chi connectivity index (χ1) is 16.6. The van der Waals surface area contributed by atoms with Crippen molar-refractivity contribution in [3.8, 4) is 0 Å². The van der Waals surface area contributed by atoms with E-state index in [4.69, 9.17) is 4.74 Å². The zero-order valence-electron chi connectivity index (χ0n) is 19.2. The van der Waals surface area contributed by atoms with Gasteiger partial charge in [0.25, 0.3) is 5.91 Å². The van der Waals surface area contributed by atoms with Crippen molar-refractivity contribution in [1.29, 1.82) is 0 Å². The smallest absolute Gasteiger partial charge is 0.433 e. The number of aliphatic hydroxyl groups is 1.